The molecule has 1 aliphatic rings. The van der Waals surface area contributed by atoms with Crippen LogP contribution < -0.4 is 10.6 Å². The Morgan fingerprint density at radius 3 is 2.60 bits per heavy atom. The highest BCUT2D eigenvalue weighted by atomic mass is 127. The Morgan fingerprint density at radius 1 is 1.36 bits per heavy atom. The lowest BCUT2D eigenvalue weighted by Crippen LogP contribution is -2.44. The third-order valence-corrected chi connectivity index (χ3v) is 3.57. The van der Waals surface area contributed by atoms with Crippen molar-refractivity contribution in [2.24, 2.45) is 4.99 Å². The van der Waals surface area contributed by atoms with Crippen LogP contribution in [0.15, 0.2) is 4.99 Å². The third kappa shape index (κ3) is 10.7. The molecule has 25 heavy (non-hydrogen) atoms. The van der Waals surface area contributed by atoms with Crippen molar-refractivity contribution in [2.45, 2.75) is 52.2 Å². The van der Waals surface area contributed by atoms with E-state index in [9.17, 15) is 4.79 Å². The summed E-state index contributed by atoms with van der Waals surface area (Å²) in [6, 6.07) is 0.102. The largest absolute Gasteiger partial charge is 0.444 e. The molecule has 1 rings (SSSR count). The molecule has 0 spiro atoms. The fraction of sp³-hybridized carbons (Fsp3) is 0.882. The van der Waals surface area contributed by atoms with E-state index in [1.807, 2.05) is 20.8 Å². The molecule has 1 saturated heterocycles. The van der Waals surface area contributed by atoms with Gasteiger partial charge in [0.05, 0.1) is 6.04 Å². The Hall–Kier alpha value is -0.770. The van der Waals surface area contributed by atoms with E-state index in [2.05, 4.69) is 41.5 Å². The van der Waals surface area contributed by atoms with Gasteiger partial charge < -0.3 is 25.2 Å². The number of carbonyl (C=O) groups is 1. The molecule has 1 unspecified atom stereocenters. The van der Waals surface area contributed by atoms with Gasteiger partial charge in [0, 0.05) is 26.2 Å². The molecule has 148 valence electrons. The van der Waals surface area contributed by atoms with Gasteiger partial charge >= 0.3 is 6.09 Å². The van der Waals surface area contributed by atoms with Crippen molar-refractivity contribution < 1.29 is 9.53 Å². The molecular formula is C17H36IN5O2. The monoisotopic (exact) mass is 469 g/mol. The molecule has 0 aliphatic carbocycles. The van der Waals surface area contributed by atoms with Crippen LogP contribution in [0.2, 0.25) is 0 Å². The lowest BCUT2D eigenvalue weighted by molar-refractivity contribution is 0.0507. The first kappa shape index (κ1) is 24.2. The van der Waals surface area contributed by atoms with Crippen LogP contribution in [0.5, 0.6) is 0 Å². The smallest absolute Gasteiger partial charge is 0.407 e. The highest BCUT2D eigenvalue weighted by Gasteiger charge is 2.27. The number of halogens is 1. The summed E-state index contributed by atoms with van der Waals surface area (Å²) in [6.45, 7) is 12.0. The van der Waals surface area contributed by atoms with Gasteiger partial charge in [-0.3, -0.25) is 4.99 Å². The van der Waals surface area contributed by atoms with Crippen LogP contribution in [0.4, 0.5) is 4.79 Å². The Labute approximate surface area is 170 Å². The summed E-state index contributed by atoms with van der Waals surface area (Å²) in [5.41, 5.74) is -0.467. The molecule has 0 bridgehead atoms. The van der Waals surface area contributed by atoms with Gasteiger partial charge in [0.2, 0.25) is 0 Å². The molecule has 1 amide bonds. The van der Waals surface area contributed by atoms with E-state index in [0.29, 0.717) is 0 Å². The van der Waals surface area contributed by atoms with Crippen LogP contribution in [0.1, 0.15) is 40.5 Å². The van der Waals surface area contributed by atoms with E-state index in [1.165, 1.54) is 0 Å². The fourth-order valence-corrected chi connectivity index (χ4v) is 2.54. The van der Waals surface area contributed by atoms with Crippen LogP contribution in [0.25, 0.3) is 0 Å². The Kier molecular flexibility index (Phi) is 11.4. The maximum Gasteiger partial charge on any atom is 0.407 e. The molecule has 0 saturated carbocycles. The highest BCUT2D eigenvalue weighted by Crippen LogP contribution is 2.12. The second kappa shape index (κ2) is 11.8. The van der Waals surface area contributed by atoms with E-state index in [-0.39, 0.29) is 36.1 Å². The second-order valence-electron chi connectivity index (χ2n) is 7.47. The zero-order valence-corrected chi connectivity index (χ0v) is 18.9. The zero-order chi connectivity index (χ0) is 18.2. The van der Waals surface area contributed by atoms with Gasteiger partial charge in [-0.25, -0.2) is 4.79 Å². The zero-order valence-electron chi connectivity index (χ0n) is 16.6. The summed E-state index contributed by atoms with van der Waals surface area (Å²) in [5, 5.41) is 6.30. The Morgan fingerprint density at radius 2 is 2.04 bits per heavy atom. The van der Waals surface area contributed by atoms with Crippen molar-refractivity contribution in [3.05, 3.63) is 0 Å². The predicted molar refractivity (Wildman–Crippen MR) is 114 cm³/mol. The average molecular weight is 469 g/mol. The number of likely N-dealkylation sites (tertiary alicyclic amines) is 1. The Balaban J connectivity index is 0.00000576. The molecule has 0 aromatic heterocycles. The van der Waals surface area contributed by atoms with Gasteiger partial charge in [0.1, 0.15) is 5.60 Å². The van der Waals surface area contributed by atoms with Gasteiger partial charge in [0.15, 0.2) is 5.96 Å². The summed E-state index contributed by atoms with van der Waals surface area (Å²) in [5.74, 6) is 0.935. The van der Waals surface area contributed by atoms with Crippen molar-refractivity contribution in [2.75, 3.05) is 46.8 Å². The number of aliphatic imine (C=N–C) groups is 1. The van der Waals surface area contributed by atoms with Crippen LogP contribution in [0, 0.1) is 0 Å². The van der Waals surface area contributed by atoms with Gasteiger partial charge in [-0.1, -0.05) is 0 Å². The van der Waals surface area contributed by atoms with Crippen molar-refractivity contribution in [1.82, 2.24) is 20.4 Å². The van der Waals surface area contributed by atoms with Crippen LogP contribution in [-0.2, 0) is 4.74 Å². The third-order valence-electron chi connectivity index (χ3n) is 3.57. The van der Waals surface area contributed by atoms with E-state index >= 15 is 0 Å². The highest BCUT2D eigenvalue weighted by molar-refractivity contribution is 14.0. The fourth-order valence-electron chi connectivity index (χ4n) is 2.54. The standard InChI is InChI=1S/C17H35N5O2.HI/c1-7-18-15(19-10-8-11-21(5)6)22-12-9-14(13-22)20-16(23)24-17(2,3)4;/h14H,7-13H2,1-6H3,(H,18,19)(H,20,23);1H. The number of alkyl carbamates (subject to hydrolysis) is 1. The normalized spacial score (nSPS) is 18.1. The number of nitrogens with zero attached hydrogens (tertiary/aromatic N) is 3. The topological polar surface area (TPSA) is 69.2 Å². The number of hydrogen-bond donors (Lipinski definition) is 2. The first-order chi connectivity index (χ1) is 11.2. The first-order valence-corrected chi connectivity index (χ1v) is 8.88. The van der Waals surface area contributed by atoms with E-state index in [4.69, 9.17) is 9.73 Å². The van der Waals surface area contributed by atoms with Gasteiger partial charge in [0.25, 0.3) is 0 Å². The molecule has 1 atom stereocenters. The van der Waals surface area contributed by atoms with E-state index in [0.717, 1.165) is 51.5 Å². The maximum absolute atomic E-state index is 11.9. The summed E-state index contributed by atoms with van der Waals surface area (Å²) in [4.78, 5) is 21.0. The second-order valence-corrected chi connectivity index (χ2v) is 7.47. The summed E-state index contributed by atoms with van der Waals surface area (Å²) >= 11 is 0. The summed E-state index contributed by atoms with van der Waals surface area (Å²) in [7, 11) is 4.14. The van der Waals surface area contributed by atoms with E-state index in [1.54, 1.807) is 0 Å². The number of nitrogens with one attached hydrogen (secondary N) is 2. The number of amides is 1. The molecule has 2 N–H and O–H groups in total. The lowest BCUT2D eigenvalue weighted by atomic mass is 10.2. The van der Waals surface area contributed by atoms with Crippen LogP contribution in [0.3, 0.4) is 0 Å². The van der Waals surface area contributed by atoms with Crippen LogP contribution in [-0.4, -0.2) is 80.3 Å². The molecule has 0 aromatic rings. The van der Waals surface area contributed by atoms with Crippen molar-refractivity contribution >= 4 is 36.0 Å². The maximum atomic E-state index is 11.9. The first-order valence-electron chi connectivity index (χ1n) is 8.88. The minimum atomic E-state index is -0.467. The van der Waals surface area contributed by atoms with Crippen molar-refractivity contribution in [1.29, 1.82) is 0 Å². The number of carbonyl (C=O) groups excluding carboxylic acids is 1. The molecule has 1 aliphatic heterocycles. The van der Waals surface area contributed by atoms with Crippen molar-refractivity contribution in [3.8, 4) is 0 Å². The lowest BCUT2D eigenvalue weighted by Gasteiger charge is -2.23. The SMILES string of the molecule is CCNC(=NCCCN(C)C)N1CCC(NC(=O)OC(C)(C)C)C1.I. The van der Waals surface area contributed by atoms with E-state index < -0.39 is 5.60 Å². The van der Waals surface area contributed by atoms with Crippen LogP contribution >= 0.6 is 24.0 Å². The number of hydrogen-bond acceptors (Lipinski definition) is 4. The number of guanidine groups is 1. The minimum absolute atomic E-state index is 0. The number of rotatable bonds is 6. The summed E-state index contributed by atoms with van der Waals surface area (Å²) < 4.78 is 5.33. The number of ether oxygens (including phenoxy) is 1. The summed E-state index contributed by atoms with van der Waals surface area (Å²) in [6.07, 6.45) is 1.60. The van der Waals surface area contributed by atoms with Gasteiger partial charge in [-0.2, -0.15) is 0 Å². The molecule has 1 fully saturated rings. The molecule has 0 radical (unpaired) electrons. The quantitative estimate of drug-likeness (QED) is 0.270. The van der Waals surface area contributed by atoms with Crippen molar-refractivity contribution in [3.63, 3.8) is 0 Å². The minimum Gasteiger partial charge on any atom is -0.444 e. The van der Waals surface area contributed by atoms with Gasteiger partial charge in [-0.15, -0.1) is 24.0 Å². The average Bonchev–Trinajstić information content (AvgIpc) is 2.88. The molecular weight excluding hydrogens is 433 g/mol. The predicted octanol–water partition coefficient (Wildman–Crippen LogP) is 2.12. The molecule has 8 heteroatoms. The van der Waals surface area contributed by atoms with Gasteiger partial charge in [-0.05, 0) is 61.2 Å². The molecule has 7 nitrogen and oxygen atoms in total. The molecule has 1 heterocycles. The Bertz CT molecular complexity index is 424. The molecule has 0 aromatic carbocycles.